The zero-order valence-corrected chi connectivity index (χ0v) is 21.6. The van der Waals surface area contributed by atoms with Crippen LogP contribution in [-0.4, -0.2) is 26.0 Å². The van der Waals surface area contributed by atoms with Gasteiger partial charge in [-0.15, -0.1) is 11.8 Å². The fraction of sp³-hybridized carbons (Fsp3) is 0.286. The molecule has 2 N–H and O–H groups in total. The third-order valence-corrected chi connectivity index (χ3v) is 6.36. The lowest BCUT2D eigenvalue weighted by atomic mass is 9.92. The molecular weight excluding hydrogens is 460 g/mol. The van der Waals surface area contributed by atoms with E-state index in [-0.39, 0.29) is 17.2 Å². The third kappa shape index (κ3) is 7.79. The molecule has 3 aromatic rings. The van der Waals surface area contributed by atoms with Gasteiger partial charge in [-0.05, 0) is 47.4 Å². The lowest BCUT2D eigenvalue weighted by Crippen LogP contribution is -2.20. The highest BCUT2D eigenvalue weighted by molar-refractivity contribution is 8.00. The second-order valence-electron chi connectivity index (χ2n) is 9.27. The number of rotatable bonds is 9. The van der Waals surface area contributed by atoms with E-state index >= 15 is 0 Å². The Hall–Kier alpha value is -3.45. The summed E-state index contributed by atoms with van der Waals surface area (Å²) in [5, 5.41) is 5.43. The molecule has 0 fully saturated rings. The highest BCUT2D eigenvalue weighted by atomic mass is 32.2. The third-order valence-electron chi connectivity index (χ3n) is 5.09. The van der Waals surface area contributed by atoms with Gasteiger partial charge in [-0.1, -0.05) is 51.1 Å². The van der Waals surface area contributed by atoms with Gasteiger partial charge < -0.3 is 20.1 Å². The van der Waals surface area contributed by atoms with Crippen LogP contribution >= 0.6 is 11.8 Å². The van der Waals surface area contributed by atoms with Crippen molar-refractivity contribution < 1.29 is 19.1 Å². The van der Waals surface area contributed by atoms with E-state index in [2.05, 4.69) is 10.6 Å². The highest BCUT2D eigenvalue weighted by Crippen LogP contribution is 2.38. The average molecular weight is 493 g/mol. The van der Waals surface area contributed by atoms with Crippen LogP contribution in [-0.2, 0) is 9.59 Å². The Morgan fingerprint density at radius 3 is 2.17 bits per heavy atom. The first-order valence-corrected chi connectivity index (χ1v) is 12.2. The number of anilines is 2. The first-order chi connectivity index (χ1) is 16.7. The van der Waals surface area contributed by atoms with Crippen molar-refractivity contribution in [2.45, 2.75) is 37.3 Å². The monoisotopic (exact) mass is 492 g/mol. The predicted octanol–water partition coefficient (Wildman–Crippen LogP) is 6.55. The Morgan fingerprint density at radius 2 is 1.57 bits per heavy atom. The van der Waals surface area contributed by atoms with Crippen molar-refractivity contribution in [2.75, 3.05) is 24.9 Å². The predicted molar refractivity (Wildman–Crippen MR) is 142 cm³/mol. The molecule has 0 saturated carbocycles. The maximum Gasteiger partial charge on any atom is 0.242 e. The molecule has 3 aromatic carbocycles. The smallest absolute Gasteiger partial charge is 0.242 e. The molecule has 0 aliphatic rings. The van der Waals surface area contributed by atoms with Crippen LogP contribution in [0.25, 0.3) is 0 Å². The zero-order chi connectivity index (χ0) is 25.4. The summed E-state index contributed by atoms with van der Waals surface area (Å²) in [5.74, 6) is 0.966. The lowest BCUT2D eigenvalue weighted by molar-refractivity contribution is -0.118. The standard InChI is InChI=1S/C28H32N2O4S/c1-28(2,3)18-25(31)29-20-11-14-22(15-12-20)35-26(19-9-7-6-8-10-19)27(32)30-23-16-13-21(33-4)17-24(23)34-5/h6-17,26H,18H2,1-5H3,(H,29,31)(H,30,32). The van der Waals surface area contributed by atoms with Crippen molar-refractivity contribution in [2.24, 2.45) is 5.41 Å². The minimum absolute atomic E-state index is 0.0205. The molecule has 1 atom stereocenters. The molecule has 0 radical (unpaired) electrons. The molecule has 6 nitrogen and oxygen atoms in total. The Bertz CT molecular complexity index is 1140. The first kappa shape index (κ1) is 26.2. The topological polar surface area (TPSA) is 76.7 Å². The van der Waals surface area contributed by atoms with Gasteiger partial charge in [-0.2, -0.15) is 0 Å². The molecule has 3 rings (SSSR count). The van der Waals surface area contributed by atoms with E-state index in [0.717, 1.165) is 16.1 Å². The van der Waals surface area contributed by atoms with Crippen LogP contribution in [0.15, 0.2) is 77.7 Å². The maximum atomic E-state index is 13.4. The number of methoxy groups -OCH3 is 2. The van der Waals surface area contributed by atoms with Crippen LogP contribution in [0, 0.1) is 5.41 Å². The summed E-state index contributed by atoms with van der Waals surface area (Å²) in [5.41, 5.74) is 2.09. The number of nitrogens with one attached hydrogen (secondary N) is 2. The van der Waals surface area contributed by atoms with Gasteiger partial charge in [-0.25, -0.2) is 0 Å². The second-order valence-corrected chi connectivity index (χ2v) is 10.5. The van der Waals surface area contributed by atoms with Crippen molar-refractivity contribution in [3.8, 4) is 11.5 Å². The van der Waals surface area contributed by atoms with Crippen molar-refractivity contribution >= 4 is 35.0 Å². The summed E-state index contributed by atoms with van der Waals surface area (Å²) in [7, 11) is 3.13. The van der Waals surface area contributed by atoms with E-state index in [1.807, 2.05) is 75.4 Å². The van der Waals surface area contributed by atoms with E-state index in [1.54, 1.807) is 32.4 Å². The first-order valence-electron chi connectivity index (χ1n) is 11.3. The molecule has 0 saturated heterocycles. The van der Waals surface area contributed by atoms with E-state index in [0.29, 0.717) is 23.6 Å². The summed E-state index contributed by atoms with van der Waals surface area (Å²) in [6.45, 7) is 6.09. The summed E-state index contributed by atoms with van der Waals surface area (Å²) < 4.78 is 10.7. The van der Waals surface area contributed by atoms with Crippen molar-refractivity contribution in [3.05, 3.63) is 78.4 Å². The summed E-state index contributed by atoms with van der Waals surface area (Å²) in [4.78, 5) is 26.6. The number of hydrogen-bond donors (Lipinski definition) is 2. The molecule has 2 amide bonds. The molecule has 0 aliphatic carbocycles. The van der Waals surface area contributed by atoms with Gasteiger partial charge in [0.25, 0.3) is 0 Å². The Labute approximate surface area is 211 Å². The molecule has 0 aromatic heterocycles. The number of ether oxygens (including phenoxy) is 2. The van der Waals surface area contributed by atoms with Crippen LogP contribution in [0.2, 0.25) is 0 Å². The van der Waals surface area contributed by atoms with Crippen LogP contribution in [0.1, 0.15) is 38.0 Å². The SMILES string of the molecule is COc1ccc(NC(=O)C(Sc2ccc(NC(=O)CC(C)(C)C)cc2)c2ccccc2)c(OC)c1. The van der Waals surface area contributed by atoms with E-state index in [9.17, 15) is 9.59 Å². The normalized spacial score (nSPS) is 11.9. The minimum atomic E-state index is -0.496. The minimum Gasteiger partial charge on any atom is -0.497 e. The van der Waals surface area contributed by atoms with Gasteiger partial charge >= 0.3 is 0 Å². The van der Waals surface area contributed by atoms with Crippen LogP contribution in [0.3, 0.4) is 0 Å². The number of hydrogen-bond acceptors (Lipinski definition) is 5. The van der Waals surface area contributed by atoms with Crippen molar-refractivity contribution in [3.63, 3.8) is 0 Å². The van der Waals surface area contributed by atoms with Gasteiger partial charge in [0.2, 0.25) is 11.8 Å². The van der Waals surface area contributed by atoms with Crippen LogP contribution < -0.4 is 20.1 Å². The summed E-state index contributed by atoms with van der Waals surface area (Å²) in [6, 6.07) is 22.4. The average Bonchev–Trinajstić information content (AvgIpc) is 2.83. The highest BCUT2D eigenvalue weighted by Gasteiger charge is 2.23. The maximum absolute atomic E-state index is 13.4. The molecule has 0 spiro atoms. The Morgan fingerprint density at radius 1 is 0.886 bits per heavy atom. The van der Waals surface area contributed by atoms with Crippen molar-refractivity contribution in [1.29, 1.82) is 0 Å². The lowest BCUT2D eigenvalue weighted by Gasteiger charge is -2.19. The van der Waals surface area contributed by atoms with E-state index in [1.165, 1.54) is 11.8 Å². The molecule has 184 valence electrons. The molecule has 1 unspecified atom stereocenters. The van der Waals surface area contributed by atoms with Gasteiger partial charge in [0, 0.05) is 23.1 Å². The molecular formula is C28H32N2O4S. The number of amides is 2. The van der Waals surface area contributed by atoms with Gasteiger partial charge in [0.05, 0.1) is 19.9 Å². The van der Waals surface area contributed by atoms with Gasteiger partial charge in [-0.3, -0.25) is 9.59 Å². The Kier molecular flexibility index (Phi) is 8.82. The molecule has 0 bridgehead atoms. The van der Waals surface area contributed by atoms with Crippen molar-refractivity contribution in [1.82, 2.24) is 0 Å². The van der Waals surface area contributed by atoms with Crippen LogP contribution in [0.5, 0.6) is 11.5 Å². The number of carbonyl (C=O) groups is 2. The van der Waals surface area contributed by atoms with Crippen LogP contribution in [0.4, 0.5) is 11.4 Å². The number of benzene rings is 3. The fourth-order valence-electron chi connectivity index (χ4n) is 3.44. The van der Waals surface area contributed by atoms with Gasteiger partial charge in [0.1, 0.15) is 16.7 Å². The molecule has 7 heteroatoms. The summed E-state index contributed by atoms with van der Waals surface area (Å²) in [6.07, 6.45) is 0.439. The van der Waals surface area contributed by atoms with E-state index in [4.69, 9.17) is 9.47 Å². The van der Waals surface area contributed by atoms with Gasteiger partial charge in [0.15, 0.2) is 0 Å². The van der Waals surface area contributed by atoms with E-state index < -0.39 is 5.25 Å². The number of carbonyl (C=O) groups excluding carboxylic acids is 2. The quantitative estimate of drug-likeness (QED) is 0.331. The second kappa shape index (κ2) is 11.8. The summed E-state index contributed by atoms with van der Waals surface area (Å²) >= 11 is 1.44. The largest absolute Gasteiger partial charge is 0.497 e. The molecule has 0 heterocycles. The Balaban J connectivity index is 1.77. The number of thioether (sulfide) groups is 1. The zero-order valence-electron chi connectivity index (χ0n) is 20.8. The molecule has 35 heavy (non-hydrogen) atoms. The fourth-order valence-corrected chi connectivity index (χ4v) is 4.47. The molecule has 0 aliphatic heterocycles.